The van der Waals surface area contributed by atoms with Crippen molar-refractivity contribution in [1.82, 2.24) is 9.80 Å². The van der Waals surface area contributed by atoms with Gasteiger partial charge in [-0.05, 0) is 49.9 Å². The molecule has 0 bridgehead atoms. The summed E-state index contributed by atoms with van der Waals surface area (Å²) in [6.07, 6.45) is 1.31. The van der Waals surface area contributed by atoms with E-state index in [2.05, 4.69) is 4.90 Å². The van der Waals surface area contributed by atoms with Crippen molar-refractivity contribution in [3.63, 3.8) is 0 Å². The number of benzene rings is 2. The number of Topliss-reactive ketones (excluding diaryl/α,β-unsaturated/α-hetero) is 2. The summed E-state index contributed by atoms with van der Waals surface area (Å²) in [5.41, 5.74) is 3.28. The fraction of sp³-hybridized carbons (Fsp3) is 0.469. The zero-order chi connectivity index (χ0) is 31.1. The van der Waals surface area contributed by atoms with E-state index in [1.54, 1.807) is 4.90 Å². The van der Waals surface area contributed by atoms with Crippen LogP contribution in [0.4, 0.5) is 0 Å². The Morgan fingerprint density at radius 1 is 1.11 bits per heavy atom. The number of nitrogens with zero attached hydrogens (tertiary/aromatic N) is 2. The molecule has 3 aliphatic carbocycles. The zero-order valence-corrected chi connectivity index (χ0v) is 24.3. The molecule has 0 radical (unpaired) electrons. The highest BCUT2D eigenvalue weighted by Gasteiger charge is 2.64. The van der Waals surface area contributed by atoms with E-state index < -0.39 is 58.0 Å². The first-order chi connectivity index (χ1) is 21.1. The number of primary amides is 1. The number of amides is 1. The smallest absolute Gasteiger partial charge is 0.255 e. The molecule has 3 fully saturated rings. The van der Waals surface area contributed by atoms with Gasteiger partial charge in [0.2, 0.25) is 5.78 Å². The summed E-state index contributed by atoms with van der Waals surface area (Å²) in [5.74, 6) is -6.30. The molecule has 2 aromatic carbocycles. The van der Waals surface area contributed by atoms with Crippen LogP contribution in [0.1, 0.15) is 29.5 Å². The van der Waals surface area contributed by atoms with Crippen molar-refractivity contribution in [2.75, 3.05) is 46.5 Å². The van der Waals surface area contributed by atoms with Crippen molar-refractivity contribution in [1.29, 1.82) is 0 Å². The van der Waals surface area contributed by atoms with E-state index in [0.29, 0.717) is 54.9 Å². The average molecular weight is 606 g/mol. The number of aliphatic hydroxyl groups excluding tert-OH is 2. The second kappa shape index (κ2) is 10.3. The number of ether oxygens (including phenoxy) is 2. The number of aromatic hydroxyl groups is 1. The number of carbonyl (C=O) groups excluding carboxylic acids is 3. The molecule has 6 N–H and O–H groups in total. The van der Waals surface area contributed by atoms with Gasteiger partial charge in [-0.1, -0.05) is 12.1 Å². The van der Waals surface area contributed by atoms with Gasteiger partial charge in [0.05, 0.1) is 31.9 Å². The van der Waals surface area contributed by atoms with Crippen molar-refractivity contribution in [2.45, 2.75) is 37.5 Å². The monoisotopic (exact) mass is 605 g/mol. The van der Waals surface area contributed by atoms with Gasteiger partial charge >= 0.3 is 0 Å². The number of likely N-dealkylation sites (tertiary alicyclic amines) is 1. The Balaban J connectivity index is 1.40. The molecule has 1 amide bonds. The molecule has 12 nitrogen and oxygen atoms in total. The van der Waals surface area contributed by atoms with E-state index in [1.807, 2.05) is 18.2 Å². The van der Waals surface area contributed by atoms with E-state index in [4.69, 9.17) is 15.2 Å². The van der Waals surface area contributed by atoms with Gasteiger partial charge in [-0.25, -0.2) is 0 Å². The van der Waals surface area contributed by atoms with Gasteiger partial charge in [0, 0.05) is 47.5 Å². The minimum Gasteiger partial charge on any atom is -0.508 e. The molecule has 7 rings (SSSR count). The summed E-state index contributed by atoms with van der Waals surface area (Å²) in [4.78, 5) is 44.4. The molecule has 4 atom stereocenters. The summed E-state index contributed by atoms with van der Waals surface area (Å²) in [6.45, 7) is 3.90. The lowest BCUT2D eigenvalue weighted by Crippen LogP contribution is -2.67. The van der Waals surface area contributed by atoms with Gasteiger partial charge < -0.3 is 35.6 Å². The van der Waals surface area contributed by atoms with Crippen LogP contribution < -0.4 is 10.5 Å². The van der Waals surface area contributed by atoms with Crippen LogP contribution >= 0.6 is 0 Å². The lowest BCUT2D eigenvalue weighted by molar-refractivity contribution is -0.157. The van der Waals surface area contributed by atoms with Crippen molar-refractivity contribution in [3.8, 4) is 11.5 Å². The van der Waals surface area contributed by atoms with Crippen LogP contribution in [-0.2, 0) is 32.1 Å². The molecular formula is C32H35N3O9. The van der Waals surface area contributed by atoms with E-state index in [9.17, 15) is 34.8 Å². The van der Waals surface area contributed by atoms with Gasteiger partial charge in [0.25, 0.3) is 5.91 Å². The fourth-order valence-corrected chi connectivity index (χ4v) is 7.93. The Kier molecular flexibility index (Phi) is 6.74. The topological polar surface area (TPSA) is 183 Å². The highest BCUT2D eigenvalue weighted by Crippen LogP contribution is 2.55. The van der Waals surface area contributed by atoms with Gasteiger partial charge in [0.15, 0.2) is 11.4 Å². The van der Waals surface area contributed by atoms with Gasteiger partial charge in [-0.15, -0.1) is 0 Å². The first-order valence-corrected chi connectivity index (χ1v) is 14.9. The van der Waals surface area contributed by atoms with Crippen molar-refractivity contribution in [3.05, 3.63) is 51.8 Å². The molecule has 12 heteroatoms. The highest BCUT2D eigenvalue weighted by molar-refractivity contribution is 6.24. The number of carbonyl (C=O) groups is 3. The Labute approximate surface area is 252 Å². The average Bonchev–Trinajstić information content (AvgIpc) is 2.97. The molecule has 232 valence electrons. The molecule has 2 aliphatic heterocycles. The zero-order valence-electron chi connectivity index (χ0n) is 24.3. The second-order valence-corrected chi connectivity index (χ2v) is 12.4. The number of rotatable bonds is 5. The number of nitrogens with two attached hydrogens (primary N) is 1. The lowest BCUT2D eigenvalue weighted by atomic mass is 9.57. The van der Waals surface area contributed by atoms with Gasteiger partial charge in [-0.3, -0.25) is 24.2 Å². The van der Waals surface area contributed by atoms with Crippen molar-refractivity contribution < 1.29 is 44.3 Å². The van der Waals surface area contributed by atoms with Crippen LogP contribution in [0.25, 0.3) is 16.5 Å². The number of aliphatic hydroxyl groups is 3. The molecule has 5 aliphatic rings. The van der Waals surface area contributed by atoms with E-state index in [0.717, 1.165) is 25.1 Å². The first kappa shape index (κ1) is 28.8. The number of phenolic OH excluding ortho intramolecular Hbond substituents is 1. The van der Waals surface area contributed by atoms with E-state index in [-0.39, 0.29) is 29.7 Å². The Bertz CT molecular complexity index is 1690. The van der Waals surface area contributed by atoms with Crippen molar-refractivity contribution in [2.24, 2.45) is 17.6 Å². The van der Waals surface area contributed by atoms with Crippen LogP contribution in [0.5, 0.6) is 11.5 Å². The predicted octanol–water partition coefficient (Wildman–Crippen LogP) is 1.10. The Hall–Kier alpha value is -3.97. The molecule has 0 unspecified atom stereocenters. The predicted molar refractivity (Wildman–Crippen MR) is 157 cm³/mol. The van der Waals surface area contributed by atoms with Crippen molar-refractivity contribution >= 4 is 34.0 Å². The quantitative estimate of drug-likeness (QED) is 0.308. The Morgan fingerprint density at radius 2 is 1.84 bits per heavy atom. The maximum Gasteiger partial charge on any atom is 0.255 e. The molecule has 0 aromatic heterocycles. The second-order valence-electron chi connectivity index (χ2n) is 12.4. The lowest BCUT2D eigenvalue weighted by Gasteiger charge is -2.51. The third-order valence-electron chi connectivity index (χ3n) is 10.2. The molecule has 2 aromatic rings. The summed E-state index contributed by atoms with van der Waals surface area (Å²) in [6, 6.07) is 4.57. The molecule has 0 spiro atoms. The number of phenols is 1. The van der Waals surface area contributed by atoms with E-state index >= 15 is 0 Å². The van der Waals surface area contributed by atoms with Gasteiger partial charge in [-0.2, -0.15) is 0 Å². The number of hydrogen-bond acceptors (Lipinski definition) is 11. The maximum absolute atomic E-state index is 14.3. The van der Waals surface area contributed by atoms with E-state index in [1.165, 1.54) is 7.11 Å². The first-order valence-electron chi connectivity index (χ1n) is 14.9. The van der Waals surface area contributed by atoms with Crippen LogP contribution in [-0.4, -0.2) is 106 Å². The minimum atomic E-state index is -2.69. The summed E-state index contributed by atoms with van der Waals surface area (Å²) < 4.78 is 11.3. The largest absolute Gasteiger partial charge is 0.508 e. The molecule has 44 heavy (non-hydrogen) atoms. The number of ketones is 2. The third-order valence-corrected chi connectivity index (χ3v) is 10.2. The van der Waals surface area contributed by atoms with Crippen LogP contribution in [0.15, 0.2) is 35.1 Å². The standard InChI is InChI=1S/C32H35N3O9/c1-43-28-17-4-3-15(14-34-5-2-6-34)11-18(17)25(36)22-19(28)12-16-13-20-24(35-7-9-44-10-8-35)27(38)23(31(33)41)30(40)32(20,42)29(39)21(16)26(22)37/h3-4,11,16,20,24,36-37,40,42H,2,5-10,12-14H2,1H3,(H2,33,41)/t16-,20-,24-,32-/m0/s1. The number of fused-ring (bicyclic) bond motifs is 4. The summed E-state index contributed by atoms with van der Waals surface area (Å²) in [7, 11) is 1.50. The minimum absolute atomic E-state index is 0.0155. The van der Waals surface area contributed by atoms with Crippen LogP contribution in [0, 0.1) is 11.8 Å². The fourth-order valence-electron chi connectivity index (χ4n) is 7.93. The summed E-state index contributed by atoms with van der Waals surface area (Å²) in [5, 5.41) is 47.6. The van der Waals surface area contributed by atoms with Crippen LogP contribution in [0.2, 0.25) is 0 Å². The normalized spacial score (nSPS) is 29.3. The molecular weight excluding hydrogens is 570 g/mol. The number of hydrogen-bond donors (Lipinski definition) is 5. The van der Waals surface area contributed by atoms with Gasteiger partial charge in [0.1, 0.15) is 28.6 Å². The molecule has 1 saturated carbocycles. The highest BCUT2D eigenvalue weighted by atomic mass is 16.5. The maximum atomic E-state index is 14.3. The number of morpholine rings is 1. The third kappa shape index (κ3) is 3.94. The molecule has 2 heterocycles. The Morgan fingerprint density at radius 3 is 2.48 bits per heavy atom. The summed E-state index contributed by atoms with van der Waals surface area (Å²) >= 11 is 0. The molecule has 2 saturated heterocycles. The SMILES string of the molecule is COc1c2c(c(O)c3cc(CN4CCC4)ccc13)C(O)=C1C(=O)[C@]3(O)C(O)=C(C(N)=O)C(=O)[C@@H](N4CCOCC4)[C@@H]3C[C@@H]1C2. The number of methoxy groups -OCH3 is 1. The van der Waals surface area contributed by atoms with Crippen LogP contribution in [0.3, 0.4) is 0 Å².